The summed E-state index contributed by atoms with van der Waals surface area (Å²) in [6, 6.07) is 9.10. The molecule has 1 N–H and O–H groups in total. The molecule has 0 unspecified atom stereocenters. The molecule has 0 saturated heterocycles. The number of carbonyl (C=O) groups is 2. The lowest BCUT2D eigenvalue weighted by molar-refractivity contribution is -0.114. The quantitative estimate of drug-likeness (QED) is 0.432. The molecule has 200 valence electrons. The van der Waals surface area contributed by atoms with Crippen LogP contribution in [0.2, 0.25) is 0 Å². The average molecular weight is 561 g/mol. The molecule has 1 aliphatic carbocycles. The van der Waals surface area contributed by atoms with Gasteiger partial charge in [-0.25, -0.2) is 17.6 Å². The molecule has 1 aliphatic heterocycles. The summed E-state index contributed by atoms with van der Waals surface area (Å²) in [6.45, 7) is -0.0579. The molecule has 2 heterocycles. The van der Waals surface area contributed by atoms with Crippen LogP contribution in [-0.4, -0.2) is 47.2 Å². The van der Waals surface area contributed by atoms with Gasteiger partial charge in [-0.05, 0) is 61.6 Å². The van der Waals surface area contributed by atoms with Crippen molar-refractivity contribution in [1.29, 1.82) is 0 Å². The van der Waals surface area contributed by atoms with E-state index in [9.17, 15) is 22.4 Å². The van der Waals surface area contributed by atoms with E-state index in [1.165, 1.54) is 54.8 Å². The van der Waals surface area contributed by atoms with Crippen LogP contribution in [0.25, 0.3) is 0 Å². The summed E-state index contributed by atoms with van der Waals surface area (Å²) in [5, 5.41) is 3.02. The number of ether oxygens (including phenoxy) is 3. The smallest absolute Gasteiger partial charge is 0.341 e. The molecule has 5 rings (SSSR count). The van der Waals surface area contributed by atoms with Crippen LogP contribution in [0.15, 0.2) is 47.4 Å². The molecule has 2 aromatic carbocycles. The zero-order valence-corrected chi connectivity index (χ0v) is 22.1. The molecule has 0 fully saturated rings. The number of rotatable bonds is 7. The van der Waals surface area contributed by atoms with E-state index >= 15 is 0 Å². The Labute approximate surface area is 223 Å². The van der Waals surface area contributed by atoms with Crippen LogP contribution < -0.4 is 19.1 Å². The van der Waals surface area contributed by atoms with Crippen molar-refractivity contribution in [3.63, 3.8) is 0 Å². The molecule has 1 amide bonds. The van der Waals surface area contributed by atoms with Crippen LogP contribution in [0.3, 0.4) is 0 Å². The standard InChI is InChI=1S/C26H25FN2O7S2/c1-34-26(31)24-19-7-2-3-8-22(19)37-25(24)28-23(30)15-29(17-6-4-5-16(27)13-17)38(32,33)18-9-10-20-21(14-18)36-12-11-35-20/h4-6,9-10,13-14H,2-3,7-8,11-12,15H2,1H3,(H,28,30). The first-order valence-corrected chi connectivity index (χ1v) is 14.2. The fraction of sp³-hybridized carbons (Fsp3) is 0.308. The van der Waals surface area contributed by atoms with Crippen molar-refractivity contribution in [2.75, 3.05) is 36.5 Å². The number of thiophene rings is 1. The van der Waals surface area contributed by atoms with Crippen LogP contribution in [0, 0.1) is 5.82 Å². The van der Waals surface area contributed by atoms with Crippen molar-refractivity contribution >= 4 is 43.9 Å². The van der Waals surface area contributed by atoms with Crippen molar-refractivity contribution in [2.24, 2.45) is 0 Å². The van der Waals surface area contributed by atoms with E-state index in [1.54, 1.807) is 0 Å². The fourth-order valence-corrected chi connectivity index (χ4v) is 7.25. The van der Waals surface area contributed by atoms with Crippen molar-refractivity contribution < 1.29 is 36.6 Å². The number of sulfonamides is 1. The summed E-state index contributed by atoms with van der Waals surface area (Å²) in [5.74, 6) is -1.26. The highest BCUT2D eigenvalue weighted by Crippen LogP contribution is 2.39. The van der Waals surface area contributed by atoms with Gasteiger partial charge < -0.3 is 19.5 Å². The van der Waals surface area contributed by atoms with Crippen LogP contribution in [0.1, 0.15) is 33.6 Å². The van der Waals surface area contributed by atoms with E-state index in [2.05, 4.69) is 5.32 Å². The molecule has 12 heteroatoms. The van der Waals surface area contributed by atoms with Crippen LogP contribution in [-0.2, 0) is 32.4 Å². The van der Waals surface area contributed by atoms with Crippen molar-refractivity contribution in [3.8, 4) is 11.5 Å². The highest BCUT2D eigenvalue weighted by Gasteiger charge is 2.31. The van der Waals surface area contributed by atoms with Gasteiger partial charge in [0.2, 0.25) is 5.91 Å². The lowest BCUT2D eigenvalue weighted by Gasteiger charge is -2.25. The number of nitrogens with zero attached hydrogens (tertiary/aromatic N) is 1. The predicted octanol–water partition coefficient (Wildman–Crippen LogP) is 4.16. The molecular formula is C26H25FN2O7S2. The zero-order valence-electron chi connectivity index (χ0n) is 20.5. The highest BCUT2D eigenvalue weighted by molar-refractivity contribution is 7.92. The number of aryl methyl sites for hydroxylation is 1. The fourth-order valence-electron chi connectivity index (χ4n) is 4.53. The number of fused-ring (bicyclic) bond motifs is 2. The third-order valence-corrected chi connectivity index (χ3v) is 9.28. The second kappa shape index (κ2) is 10.6. The predicted molar refractivity (Wildman–Crippen MR) is 139 cm³/mol. The number of hydrogen-bond donors (Lipinski definition) is 1. The first kappa shape index (κ1) is 26.0. The van der Waals surface area contributed by atoms with E-state index in [0.717, 1.165) is 40.1 Å². The third kappa shape index (κ3) is 5.05. The van der Waals surface area contributed by atoms with Gasteiger partial charge in [0.1, 0.15) is 30.6 Å². The summed E-state index contributed by atoms with van der Waals surface area (Å²) in [5.41, 5.74) is 1.12. The Hall–Kier alpha value is -3.64. The number of anilines is 2. The third-order valence-electron chi connectivity index (χ3n) is 6.30. The van der Waals surface area contributed by atoms with Gasteiger partial charge in [-0.15, -0.1) is 11.3 Å². The Morgan fingerprint density at radius 3 is 2.61 bits per heavy atom. The van der Waals surface area contributed by atoms with Gasteiger partial charge in [-0.1, -0.05) is 6.07 Å². The van der Waals surface area contributed by atoms with Gasteiger partial charge in [0.05, 0.1) is 23.3 Å². The second-order valence-corrected chi connectivity index (χ2v) is 11.7. The molecule has 9 nitrogen and oxygen atoms in total. The van der Waals surface area contributed by atoms with Crippen molar-refractivity contribution in [3.05, 3.63) is 64.3 Å². The van der Waals surface area contributed by atoms with Gasteiger partial charge in [0.15, 0.2) is 11.5 Å². The topological polar surface area (TPSA) is 111 Å². The molecule has 1 aromatic heterocycles. The number of nitrogens with one attached hydrogen (secondary N) is 1. The summed E-state index contributed by atoms with van der Waals surface area (Å²) in [7, 11) is -3.07. The minimum absolute atomic E-state index is 0.0336. The summed E-state index contributed by atoms with van der Waals surface area (Å²) >= 11 is 1.29. The number of hydrogen-bond acceptors (Lipinski definition) is 8. The van der Waals surface area contributed by atoms with E-state index in [-0.39, 0.29) is 22.9 Å². The summed E-state index contributed by atoms with van der Waals surface area (Å²) in [4.78, 5) is 26.7. The minimum Gasteiger partial charge on any atom is -0.486 e. The molecule has 0 radical (unpaired) electrons. The van der Waals surface area contributed by atoms with E-state index in [4.69, 9.17) is 14.2 Å². The zero-order chi connectivity index (χ0) is 26.9. The van der Waals surface area contributed by atoms with Gasteiger partial charge in [0.25, 0.3) is 10.0 Å². The van der Waals surface area contributed by atoms with Crippen molar-refractivity contribution in [2.45, 2.75) is 30.6 Å². The number of halogens is 1. The van der Waals surface area contributed by atoms with Crippen molar-refractivity contribution in [1.82, 2.24) is 0 Å². The lowest BCUT2D eigenvalue weighted by Crippen LogP contribution is -2.38. The van der Waals surface area contributed by atoms with Crippen LogP contribution >= 0.6 is 11.3 Å². The minimum atomic E-state index is -4.34. The number of benzene rings is 2. The Morgan fingerprint density at radius 1 is 1.08 bits per heavy atom. The first-order chi connectivity index (χ1) is 18.3. The molecule has 38 heavy (non-hydrogen) atoms. The monoisotopic (exact) mass is 560 g/mol. The lowest BCUT2D eigenvalue weighted by atomic mass is 9.95. The largest absolute Gasteiger partial charge is 0.486 e. The van der Waals surface area contributed by atoms with Gasteiger partial charge in [-0.2, -0.15) is 0 Å². The molecule has 0 atom stereocenters. The van der Waals surface area contributed by atoms with Crippen LogP contribution in [0.5, 0.6) is 11.5 Å². The van der Waals surface area contributed by atoms with E-state index < -0.39 is 34.3 Å². The Morgan fingerprint density at radius 2 is 1.84 bits per heavy atom. The number of methoxy groups -OCH3 is 1. The second-order valence-electron chi connectivity index (χ2n) is 8.75. The number of esters is 1. The van der Waals surface area contributed by atoms with Gasteiger partial charge in [-0.3, -0.25) is 9.10 Å². The summed E-state index contributed by atoms with van der Waals surface area (Å²) in [6.07, 6.45) is 3.37. The SMILES string of the molecule is COC(=O)c1c(NC(=O)CN(c2cccc(F)c2)S(=O)(=O)c2ccc3c(c2)OCCO3)sc2c1CCCC2. The first-order valence-electron chi connectivity index (χ1n) is 12.0. The number of carbonyl (C=O) groups excluding carboxylic acids is 2. The molecule has 0 saturated carbocycles. The molecular weight excluding hydrogens is 535 g/mol. The maximum Gasteiger partial charge on any atom is 0.341 e. The average Bonchev–Trinajstić information content (AvgIpc) is 3.28. The van der Waals surface area contributed by atoms with Crippen LogP contribution in [0.4, 0.5) is 15.1 Å². The highest BCUT2D eigenvalue weighted by atomic mass is 32.2. The normalized spacial score (nSPS) is 14.4. The Kier molecular flexibility index (Phi) is 7.26. The van der Waals surface area contributed by atoms with Gasteiger partial charge in [0, 0.05) is 10.9 Å². The maximum atomic E-state index is 14.1. The van der Waals surface area contributed by atoms with Gasteiger partial charge >= 0.3 is 5.97 Å². The van der Waals surface area contributed by atoms with E-state index in [1.807, 2.05) is 0 Å². The number of amides is 1. The molecule has 2 aliphatic rings. The molecule has 0 bridgehead atoms. The Bertz CT molecular complexity index is 1500. The summed E-state index contributed by atoms with van der Waals surface area (Å²) < 4.78 is 58.4. The van der Waals surface area contributed by atoms with E-state index in [0.29, 0.717) is 29.3 Å². The Balaban J connectivity index is 1.48. The molecule has 3 aromatic rings. The maximum absolute atomic E-state index is 14.1. The molecule has 0 spiro atoms.